The van der Waals surface area contributed by atoms with Crippen LogP contribution in [0, 0.1) is 6.92 Å². The number of carbonyl (C=O) groups is 1. The lowest BCUT2D eigenvalue weighted by molar-refractivity contribution is -0.113. The highest BCUT2D eigenvalue weighted by atomic mass is 32.2. The SMILES string of the molecule is CCOc1ccc(NC(=O)CSc2nnc(-c3csc(C)c3CC)n2CC)cc1. The van der Waals surface area contributed by atoms with E-state index in [2.05, 4.69) is 46.2 Å². The van der Waals surface area contributed by atoms with Gasteiger partial charge >= 0.3 is 0 Å². The quantitative estimate of drug-likeness (QED) is 0.482. The van der Waals surface area contributed by atoms with Gasteiger partial charge in [0.05, 0.1) is 12.4 Å². The van der Waals surface area contributed by atoms with Crippen molar-refractivity contribution in [1.29, 1.82) is 0 Å². The van der Waals surface area contributed by atoms with Crippen LogP contribution >= 0.6 is 23.1 Å². The molecule has 1 aromatic carbocycles. The first-order valence-corrected chi connectivity index (χ1v) is 11.6. The minimum absolute atomic E-state index is 0.0769. The highest BCUT2D eigenvalue weighted by molar-refractivity contribution is 7.99. The predicted octanol–water partition coefficient (Wildman–Crippen LogP) is 5.03. The van der Waals surface area contributed by atoms with Crippen LogP contribution in [0.5, 0.6) is 5.75 Å². The Morgan fingerprint density at radius 3 is 2.62 bits per heavy atom. The van der Waals surface area contributed by atoms with Crippen molar-refractivity contribution in [3.8, 4) is 17.1 Å². The van der Waals surface area contributed by atoms with E-state index in [1.807, 2.05) is 31.2 Å². The first-order valence-electron chi connectivity index (χ1n) is 9.73. The first kappa shape index (κ1) is 21.4. The number of anilines is 1. The van der Waals surface area contributed by atoms with Gasteiger partial charge in [0.2, 0.25) is 5.91 Å². The average Bonchev–Trinajstić information content (AvgIpc) is 3.30. The summed E-state index contributed by atoms with van der Waals surface area (Å²) in [6.45, 7) is 9.68. The van der Waals surface area contributed by atoms with E-state index in [-0.39, 0.29) is 11.7 Å². The summed E-state index contributed by atoms with van der Waals surface area (Å²) in [4.78, 5) is 13.7. The van der Waals surface area contributed by atoms with Crippen molar-refractivity contribution in [2.24, 2.45) is 0 Å². The van der Waals surface area contributed by atoms with Crippen LogP contribution in [0.4, 0.5) is 5.69 Å². The van der Waals surface area contributed by atoms with Gasteiger partial charge < -0.3 is 14.6 Å². The summed E-state index contributed by atoms with van der Waals surface area (Å²) in [5.41, 5.74) is 3.22. The molecule has 0 aliphatic carbocycles. The number of benzene rings is 1. The van der Waals surface area contributed by atoms with E-state index < -0.39 is 0 Å². The minimum Gasteiger partial charge on any atom is -0.494 e. The van der Waals surface area contributed by atoms with Crippen molar-refractivity contribution in [2.75, 3.05) is 17.7 Å². The molecule has 1 N–H and O–H groups in total. The summed E-state index contributed by atoms with van der Waals surface area (Å²) >= 11 is 3.14. The molecule has 0 bridgehead atoms. The van der Waals surface area contributed by atoms with E-state index >= 15 is 0 Å². The lowest BCUT2D eigenvalue weighted by atomic mass is 10.1. The van der Waals surface area contributed by atoms with Crippen molar-refractivity contribution >= 4 is 34.7 Å². The summed E-state index contributed by atoms with van der Waals surface area (Å²) in [7, 11) is 0. The number of nitrogens with one attached hydrogen (secondary N) is 1. The van der Waals surface area contributed by atoms with E-state index in [4.69, 9.17) is 4.74 Å². The fourth-order valence-electron chi connectivity index (χ4n) is 3.11. The van der Waals surface area contributed by atoms with Gasteiger partial charge in [0.25, 0.3) is 0 Å². The molecular weight excluding hydrogens is 404 g/mol. The summed E-state index contributed by atoms with van der Waals surface area (Å²) in [5, 5.41) is 14.6. The molecule has 0 saturated heterocycles. The molecule has 0 fully saturated rings. The van der Waals surface area contributed by atoms with Gasteiger partial charge in [0, 0.05) is 28.1 Å². The number of nitrogens with zero attached hydrogens (tertiary/aromatic N) is 3. The van der Waals surface area contributed by atoms with Gasteiger partial charge in [-0.2, -0.15) is 0 Å². The molecule has 154 valence electrons. The van der Waals surface area contributed by atoms with Crippen LogP contribution in [0.15, 0.2) is 34.8 Å². The standard InChI is InChI=1S/C21H26N4O2S2/c1-5-17-14(4)28-12-18(17)20-23-24-21(25(20)6-2)29-13-19(26)22-15-8-10-16(11-9-15)27-7-3/h8-12H,5-7,13H2,1-4H3,(H,22,26). The third-order valence-corrected chi connectivity index (χ3v) is 6.43. The predicted molar refractivity (Wildman–Crippen MR) is 120 cm³/mol. The maximum absolute atomic E-state index is 12.4. The fraction of sp³-hybridized carbons (Fsp3) is 0.381. The number of thiophene rings is 1. The van der Waals surface area contributed by atoms with Crippen molar-refractivity contribution in [2.45, 2.75) is 45.8 Å². The number of aryl methyl sites for hydroxylation is 1. The minimum atomic E-state index is -0.0769. The van der Waals surface area contributed by atoms with Crippen LogP contribution in [0.1, 0.15) is 31.2 Å². The van der Waals surface area contributed by atoms with Crippen molar-refractivity contribution in [1.82, 2.24) is 14.8 Å². The van der Waals surface area contributed by atoms with Crippen LogP contribution in [0.2, 0.25) is 0 Å². The van der Waals surface area contributed by atoms with E-state index in [1.54, 1.807) is 11.3 Å². The number of hydrogen-bond acceptors (Lipinski definition) is 6. The Bertz CT molecular complexity index is 964. The highest BCUT2D eigenvalue weighted by Gasteiger charge is 2.18. The Morgan fingerprint density at radius 2 is 1.97 bits per heavy atom. The molecular formula is C21H26N4O2S2. The second-order valence-electron chi connectivity index (χ2n) is 6.38. The van der Waals surface area contributed by atoms with E-state index in [0.29, 0.717) is 6.61 Å². The zero-order chi connectivity index (χ0) is 20.8. The molecule has 0 saturated carbocycles. The number of ether oxygens (including phenoxy) is 1. The van der Waals surface area contributed by atoms with Crippen molar-refractivity contribution in [3.05, 3.63) is 40.1 Å². The van der Waals surface area contributed by atoms with E-state index in [1.165, 1.54) is 22.2 Å². The van der Waals surface area contributed by atoms with Gasteiger partial charge in [0.15, 0.2) is 11.0 Å². The molecule has 0 aliphatic rings. The molecule has 1 amide bonds. The zero-order valence-electron chi connectivity index (χ0n) is 17.2. The van der Waals surface area contributed by atoms with Gasteiger partial charge in [-0.1, -0.05) is 18.7 Å². The molecule has 0 spiro atoms. The van der Waals surface area contributed by atoms with Crippen molar-refractivity contribution < 1.29 is 9.53 Å². The second kappa shape index (κ2) is 9.93. The van der Waals surface area contributed by atoms with Gasteiger partial charge in [-0.3, -0.25) is 4.79 Å². The number of carbonyl (C=O) groups excluding carboxylic acids is 1. The Hall–Kier alpha value is -2.32. The van der Waals surface area contributed by atoms with Gasteiger partial charge in [-0.05, 0) is 57.0 Å². The van der Waals surface area contributed by atoms with Crippen LogP contribution < -0.4 is 10.1 Å². The smallest absolute Gasteiger partial charge is 0.234 e. The fourth-order valence-corrected chi connectivity index (χ4v) is 4.86. The number of rotatable bonds is 9. The van der Waals surface area contributed by atoms with Gasteiger partial charge in [0.1, 0.15) is 5.75 Å². The van der Waals surface area contributed by atoms with Gasteiger partial charge in [-0.15, -0.1) is 21.5 Å². The molecule has 0 radical (unpaired) electrons. The molecule has 0 unspecified atom stereocenters. The molecule has 3 aromatic rings. The maximum Gasteiger partial charge on any atom is 0.234 e. The monoisotopic (exact) mass is 430 g/mol. The third-order valence-electron chi connectivity index (χ3n) is 4.51. The number of thioether (sulfide) groups is 1. The molecule has 6 nitrogen and oxygen atoms in total. The largest absolute Gasteiger partial charge is 0.494 e. The van der Waals surface area contributed by atoms with Crippen LogP contribution in [0.25, 0.3) is 11.4 Å². The number of amides is 1. The van der Waals surface area contributed by atoms with E-state index in [0.717, 1.165) is 40.9 Å². The molecule has 2 aromatic heterocycles. The molecule has 3 rings (SSSR count). The number of hydrogen-bond donors (Lipinski definition) is 1. The Kier molecular flexibility index (Phi) is 7.33. The highest BCUT2D eigenvalue weighted by Crippen LogP contribution is 2.32. The number of aromatic nitrogens is 3. The Labute approximate surface area is 179 Å². The molecule has 29 heavy (non-hydrogen) atoms. The Morgan fingerprint density at radius 1 is 1.21 bits per heavy atom. The van der Waals surface area contributed by atoms with Gasteiger partial charge in [-0.25, -0.2) is 0 Å². The lowest BCUT2D eigenvalue weighted by Gasteiger charge is -2.09. The zero-order valence-corrected chi connectivity index (χ0v) is 18.8. The second-order valence-corrected chi connectivity index (χ2v) is 8.41. The average molecular weight is 431 g/mol. The molecule has 2 heterocycles. The molecule has 0 aliphatic heterocycles. The maximum atomic E-state index is 12.4. The van der Waals surface area contributed by atoms with E-state index in [9.17, 15) is 4.79 Å². The Balaban J connectivity index is 1.66. The summed E-state index contributed by atoms with van der Waals surface area (Å²) < 4.78 is 7.50. The topological polar surface area (TPSA) is 69.0 Å². The van der Waals surface area contributed by atoms with Crippen LogP contribution in [0.3, 0.4) is 0 Å². The summed E-state index contributed by atoms with van der Waals surface area (Å²) in [6.07, 6.45) is 0.966. The molecule has 8 heteroatoms. The third kappa shape index (κ3) is 5.00. The molecule has 0 atom stereocenters. The normalized spacial score (nSPS) is 10.9. The van der Waals surface area contributed by atoms with Crippen LogP contribution in [-0.2, 0) is 17.8 Å². The summed E-state index contributed by atoms with van der Waals surface area (Å²) in [5.74, 6) is 1.86. The van der Waals surface area contributed by atoms with Crippen molar-refractivity contribution in [3.63, 3.8) is 0 Å². The van der Waals surface area contributed by atoms with Crippen LogP contribution in [-0.4, -0.2) is 33.0 Å². The first-order chi connectivity index (χ1) is 14.1. The summed E-state index contributed by atoms with van der Waals surface area (Å²) in [6, 6.07) is 7.37. The lowest BCUT2D eigenvalue weighted by Crippen LogP contribution is -2.14.